The lowest BCUT2D eigenvalue weighted by Gasteiger charge is -2.10. The third kappa shape index (κ3) is 3.98. The first kappa shape index (κ1) is 15.4. The van der Waals surface area contributed by atoms with Gasteiger partial charge in [0.2, 0.25) is 0 Å². The lowest BCUT2D eigenvalue weighted by Crippen LogP contribution is -2.14. The fourth-order valence-corrected chi connectivity index (χ4v) is 2.23. The van der Waals surface area contributed by atoms with E-state index in [4.69, 9.17) is 0 Å². The minimum Gasteiger partial charge on any atom is -0.321 e. The number of anilines is 1. The van der Waals surface area contributed by atoms with Crippen molar-refractivity contribution in [2.24, 2.45) is 0 Å². The highest BCUT2D eigenvalue weighted by Crippen LogP contribution is 2.31. The van der Waals surface area contributed by atoms with Crippen molar-refractivity contribution in [1.82, 2.24) is 0 Å². The number of para-hydroxylation sites is 1. The van der Waals surface area contributed by atoms with Gasteiger partial charge in [0.1, 0.15) is 11.6 Å². The van der Waals surface area contributed by atoms with Crippen LogP contribution in [-0.4, -0.2) is 11.7 Å². The van der Waals surface area contributed by atoms with Crippen molar-refractivity contribution in [2.45, 2.75) is 10.7 Å². The fraction of sp³-hybridized carbons (Fsp3) is 0.0714. The van der Waals surface area contributed by atoms with E-state index < -0.39 is 23.3 Å². The van der Waals surface area contributed by atoms with Crippen LogP contribution in [0, 0.1) is 11.6 Å². The Bertz CT molecular complexity index is 663. The smallest absolute Gasteiger partial charge is 0.288 e. The molecule has 0 bridgehead atoms. The Labute approximate surface area is 122 Å². The first-order valence-corrected chi connectivity index (χ1v) is 6.65. The first-order chi connectivity index (χ1) is 9.97. The van der Waals surface area contributed by atoms with Crippen molar-refractivity contribution in [3.63, 3.8) is 0 Å². The van der Waals surface area contributed by atoms with Crippen LogP contribution in [-0.2, 0) is 0 Å². The van der Waals surface area contributed by atoms with Gasteiger partial charge in [0.25, 0.3) is 11.7 Å². The molecular weight excluding hydrogens is 306 g/mol. The molecule has 2 aromatic carbocycles. The summed E-state index contributed by atoms with van der Waals surface area (Å²) in [4.78, 5) is 12.1. The van der Waals surface area contributed by atoms with Crippen LogP contribution in [0.3, 0.4) is 0 Å². The van der Waals surface area contributed by atoms with Crippen LogP contribution < -0.4 is 5.32 Å². The molecular formula is C14H9F4NOS. The summed E-state index contributed by atoms with van der Waals surface area (Å²) in [5.74, 6) is -5.32. The number of hydrogen-bond acceptors (Lipinski definition) is 2. The van der Waals surface area contributed by atoms with E-state index in [1.54, 1.807) is 12.1 Å². The van der Waals surface area contributed by atoms with E-state index in [1.807, 2.05) is 0 Å². The number of carbonyl (C=O) groups is 1. The van der Waals surface area contributed by atoms with Crippen molar-refractivity contribution in [3.05, 3.63) is 59.7 Å². The van der Waals surface area contributed by atoms with E-state index in [1.165, 1.54) is 12.1 Å². The molecule has 0 heterocycles. The average molecular weight is 315 g/mol. The summed E-state index contributed by atoms with van der Waals surface area (Å²) >= 11 is 0.267. The maximum absolute atomic E-state index is 13.5. The van der Waals surface area contributed by atoms with Gasteiger partial charge in [-0.1, -0.05) is 23.9 Å². The van der Waals surface area contributed by atoms with Gasteiger partial charge in [0.15, 0.2) is 0 Å². The van der Waals surface area contributed by atoms with Crippen molar-refractivity contribution in [2.75, 3.05) is 5.32 Å². The van der Waals surface area contributed by atoms with Gasteiger partial charge in [0, 0.05) is 11.0 Å². The molecule has 0 aliphatic carbocycles. The number of halogens is 4. The number of amides is 1. The molecule has 110 valence electrons. The Morgan fingerprint density at radius 3 is 2.48 bits per heavy atom. The second-order valence-electron chi connectivity index (χ2n) is 3.95. The molecule has 21 heavy (non-hydrogen) atoms. The lowest BCUT2D eigenvalue weighted by atomic mass is 10.2. The third-order valence-electron chi connectivity index (χ3n) is 2.53. The molecule has 1 N–H and O–H groups in total. The van der Waals surface area contributed by atoms with Gasteiger partial charge in [-0.25, -0.2) is 8.78 Å². The largest absolute Gasteiger partial charge is 0.321 e. The van der Waals surface area contributed by atoms with Gasteiger partial charge in [-0.3, -0.25) is 4.79 Å². The Morgan fingerprint density at radius 1 is 1.10 bits per heavy atom. The molecule has 0 unspecified atom stereocenters. The van der Waals surface area contributed by atoms with Crippen molar-refractivity contribution in [3.8, 4) is 0 Å². The number of benzene rings is 2. The normalized spacial score (nSPS) is 10.7. The van der Waals surface area contributed by atoms with Gasteiger partial charge < -0.3 is 5.32 Å². The Kier molecular flexibility index (Phi) is 4.85. The zero-order valence-corrected chi connectivity index (χ0v) is 11.3. The number of nitrogens with one attached hydrogen (secondary N) is 1. The fourth-order valence-electron chi connectivity index (χ4n) is 1.63. The third-order valence-corrected chi connectivity index (χ3v) is 3.32. The molecule has 0 aliphatic heterocycles. The molecule has 0 spiro atoms. The monoisotopic (exact) mass is 315 g/mol. The van der Waals surface area contributed by atoms with Crippen LogP contribution in [0.5, 0.6) is 0 Å². The van der Waals surface area contributed by atoms with Crippen LogP contribution in [0.2, 0.25) is 0 Å². The zero-order chi connectivity index (χ0) is 15.4. The highest BCUT2D eigenvalue weighted by molar-refractivity contribution is 7.99. The minimum atomic E-state index is -2.65. The van der Waals surface area contributed by atoms with Gasteiger partial charge in [-0.2, -0.15) is 8.78 Å². The number of hydrogen-bond donors (Lipinski definition) is 1. The lowest BCUT2D eigenvalue weighted by molar-refractivity contribution is 0.102. The average Bonchev–Trinajstić information content (AvgIpc) is 2.40. The quantitative estimate of drug-likeness (QED) is 0.663. The molecule has 1 amide bonds. The van der Waals surface area contributed by atoms with Crippen LogP contribution >= 0.6 is 11.8 Å². The second kappa shape index (κ2) is 6.62. The van der Waals surface area contributed by atoms with Gasteiger partial charge in [-0.05, 0) is 24.3 Å². The van der Waals surface area contributed by atoms with Crippen LogP contribution in [0.25, 0.3) is 0 Å². The Balaban J connectivity index is 2.23. The van der Waals surface area contributed by atoms with Crippen molar-refractivity contribution in [1.29, 1.82) is 0 Å². The molecule has 2 aromatic rings. The van der Waals surface area contributed by atoms with Crippen LogP contribution in [0.15, 0.2) is 47.4 Å². The standard InChI is InChI=1S/C14H9F4NOS/c15-8-5-6-9(10(16)7-8)13(20)19-11-3-1-2-4-12(11)21-14(17)18/h1-7,14H,(H,19,20). The van der Waals surface area contributed by atoms with E-state index in [-0.39, 0.29) is 27.9 Å². The summed E-state index contributed by atoms with van der Waals surface area (Å²) in [6.07, 6.45) is 0. The minimum absolute atomic E-state index is 0.136. The van der Waals surface area contributed by atoms with E-state index >= 15 is 0 Å². The summed E-state index contributed by atoms with van der Waals surface area (Å²) in [7, 11) is 0. The highest BCUT2D eigenvalue weighted by atomic mass is 32.2. The topological polar surface area (TPSA) is 29.1 Å². The first-order valence-electron chi connectivity index (χ1n) is 5.77. The Hall–Kier alpha value is -2.02. The molecule has 0 fully saturated rings. The molecule has 0 atom stereocenters. The van der Waals surface area contributed by atoms with Gasteiger partial charge >= 0.3 is 0 Å². The van der Waals surface area contributed by atoms with Gasteiger partial charge in [0.05, 0.1) is 11.3 Å². The predicted octanol–water partition coefficient (Wildman–Crippen LogP) is 4.53. The van der Waals surface area contributed by atoms with Gasteiger partial charge in [-0.15, -0.1) is 0 Å². The maximum atomic E-state index is 13.5. The number of alkyl halides is 2. The zero-order valence-electron chi connectivity index (χ0n) is 10.4. The molecule has 0 aromatic heterocycles. The summed E-state index contributed by atoms with van der Waals surface area (Å²) in [6, 6.07) is 8.43. The number of rotatable bonds is 4. The summed E-state index contributed by atoms with van der Waals surface area (Å²) in [5, 5.41) is 2.34. The van der Waals surface area contributed by atoms with Crippen LogP contribution in [0.4, 0.5) is 23.2 Å². The van der Waals surface area contributed by atoms with E-state index in [2.05, 4.69) is 5.32 Å². The molecule has 7 heteroatoms. The summed E-state index contributed by atoms with van der Waals surface area (Å²) < 4.78 is 51.1. The van der Waals surface area contributed by atoms with Crippen molar-refractivity contribution < 1.29 is 22.4 Å². The molecule has 0 saturated carbocycles. The highest BCUT2D eigenvalue weighted by Gasteiger charge is 2.15. The summed E-state index contributed by atoms with van der Waals surface area (Å²) in [6.45, 7) is 0. The van der Waals surface area contributed by atoms with Crippen LogP contribution in [0.1, 0.15) is 10.4 Å². The number of thioether (sulfide) groups is 1. The van der Waals surface area contributed by atoms with E-state index in [0.717, 1.165) is 12.1 Å². The summed E-state index contributed by atoms with van der Waals surface area (Å²) in [5.41, 5.74) is -0.232. The SMILES string of the molecule is O=C(Nc1ccccc1SC(F)F)c1ccc(F)cc1F. The second-order valence-corrected chi connectivity index (χ2v) is 4.98. The van der Waals surface area contributed by atoms with E-state index in [0.29, 0.717) is 6.07 Å². The van der Waals surface area contributed by atoms with Crippen molar-refractivity contribution >= 4 is 23.4 Å². The molecule has 0 radical (unpaired) electrons. The predicted molar refractivity (Wildman–Crippen MR) is 72.6 cm³/mol. The Morgan fingerprint density at radius 2 is 1.81 bits per heavy atom. The molecule has 0 aliphatic rings. The molecule has 0 saturated heterocycles. The molecule has 2 nitrogen and oxygen atoms in total. The number of carbonyl (C=O) groups excluding carboxylic acids is 1. The maximum Gasteiger partial charge on any atom is 0.288 e. The molecule has 2 rings (SSSR count). The van der Waals surface area contributed by atoms with E-state index in [9.17, 15) is 22.4 Å².